The molecule has 0 aliphatic heterocycles. The summed E-state index contributed by atoms with van der Waals surface area (Å²) < 4.78 is 0. The van der Waals surface area contributed by atoms with E-state index in [2.05, 4.69) is 0 Å². The van der Waals surface area contributed by atoms with Gasteiger partial charge in [0.1, 0.15) is 0 Å². The van der Waals surface area contributed by atoms with Gasteiger partial charge in [0.05, 0.1) is 16.1 Å². The number of hydrogen-bond acceptors (Lipinski definition) is 2. The number of aldehydes is 1. The first-order chi connectivity index (χ1) is 6.69. The van der Waals surface area contributed by atoms with Crippen LogP contribution in [0.15, 0.2) is 12.1 Å². The van der Waals surface area contributed by atoms with Gasteiger partial charge in [0.2, 0.25) is 0 Å². The lowest BCUT2D eigenvalue weighted by Crippen LogP contribution is -1.90. The molecule has 0 amide bonds. The smallest absolute Gasteiger partial charge is 0.151 e. The Hall–Kier alpha value is -1.04. The highest BCUT2D eigenvalue weighted by molar-refractivity contribution is 6.43. The van der Waals surface area contributed by atoms with Crippen molar-refractivity contribution in [3.8, 4) is 6.07 Å². The van der Waals surface area contributed by atoms with Crippen molar-refractivity contribution < 1.29 is 4.79 Å². The van der Waals surface area contributed by atoms with Crippen molar-refractivity contribution in [1.82, 2.24) is 0 Å². The van der Waals surface area contributed by atoms with Gasteiger partial charge in [-0.3, -0.25) is 4.79 Å². The molecule has 0 unspecified atom stereocenters. The molecule has 0 saturated carbocycles. The molecule has 0 bridgehead atoms. The molecule has 0 N–H and O–H groups in total. The maximum absolute atomic E-state index is 10.6. The Kier molecular flexibility index (Phi) is 3.94. The minimum atomic E-state index is 0.266. The normalized spacial score (nSPS) is 9.50. The predicted octanol–water partition coefficient (Wildman–Crippen LogP) is 3.26. The van der Waals surface area contributed by atoms with Crippen molar-refractivity contribution in [2.24, 2.45) is 0 Å². The molecule has 0 aliphatic carbocycles. The van der Waals surface area contributed by atoms with Gasteiger partial charge in [0.15, 0.2) is 6.29 Å². The fraction of sp³-hybridized carbons (Fsp3) is 0.200. The molecule has 14 heavy (non-hydrogen) atoms. The van der Waals surface area contributed by atoms with E-state index < -0.39 is 0 Å². The lowest BCUT2D eigenvalue weighted by molar-refractivity contribution is 0.112. The van der Waals surface area contributed by atoms with Gasteiger partial charge in [-0.05, 0) is 24.1 Å². The zero-order valence-corrected chi connectivity index (χ0v) is 8.77. The molecule has 0 atom stereocenters. The molecule has 0 saturated heterocycles. The molecule has 0 heterocycles. The molecule has 0 aromatic heterocycles. The van der Waals surface area contributed by atoms with Gasteiger partial charge in [0.25, 0.3) is 0 Å². The second-order valence-corrected chi connectivity index (χ2v) is 3.54. The summed E-state index contributed by atoms with van der Waals surface area (Å²) in [5.41, 5.74) is 1.22. The van der Waals surface area contributed by atoms with Crippen LogP contribution >= 0.6 is 23.2 Å². The van der Waals surface area contributed by atoms with Crippen molar-refractivity contribution in [2.75, 3.05) is 0 Å². The Morgan fingerprint density at radius 3 is 2.71 bits per heavy atom. The van der Waals surface area contributed by atoms with Crippen molar-refractivity contribution in [3.05, 3.63) is 33.3 Å². The third kappa shape index (κ3) is 2.47. The van der Waals surface area contributed by atoms with Crippen molar-refractivity contribution in [3.63, 3.8) is 0 Å². The Bertz CT molecular complexity index is 396. The number of rotatable bonds is 3. The highest BCUT2D eigenvalue weighted by atomic mass is 35.5. The van der Waals surface area contributed by atoms with Gasteiger partial charge in [-0.15, -0.1) is 0 Å². The summed E-state index contributed by atoms with van der Waals surface area (Å²) in [7, 11) is 0. The van der Waals surface area contributed by atoms with E-state index >= 15 is 0 Å². The maximum atomic E-state index is 10.6. The molecule has 0 radical (unpaired) electrons. The van der Waals surface area contributed by atoms with Gasteiger partial charge < -0.3 is 0 Å². The molecule has 1 rings (SSSR count). The second kappa shape index (κ2) is 4.99. The number of carbonyl (C=O) groups is 1. The summed E-state index contributed by atoms with van der Waals surface area (Å²) >= 11 is 11.6. The first kappa shape index (κ1) is 11.0. The van der Waals surface area contributed by atoms with Crippen LogP contribution in [0.1, 0.15) is 22.3 Å². The van der Waals surface area contributed by atoms with E-state index in [1.54, 1.807) is 12.1 Å². The summed E-state index contributed by atoms with van der Waals surface area (Å²) in [5.74, 6) is 0. The van der Waals surface area contributed by atoms with Crippen LogP contribution in [0.5, 0.6) is 0 Å². The second-order valence-electron chi connectivity index (χ2n) is 2.76. The van der Waals surface area contributed by atoms with Crippen LogP contribution in [0.4, 0.5) is 0 Å². The molecule has 1 aromatic rings. The molecule has 4 heteroatoms. The predicted molar refractivity (Wildman–Crippen MR) is 55.8 cm³/mol. The number of halogens is 2. The van der Waals surface area contributed by atoms with Crippen LogP contribution in [0, 0.1) is 11.3 Å². The largest absolute Gasteiger partial charge is 0.298 e. The topological polar surface area (TPSA) is 40.9 Å². The van der Waals surface area contributed by atoms with Crippen LogP contribution in [0.25, 0.3) is 0 Å². The fourth-order valence-electron chi connectivity index (χ4n) is 1.10. The molecule has 1 aromatic carbocycles. The molecule has 2 nitrogen and oxygen atoms in total. The van der Waals surface area contributed by atoms with Gasteiger partial charge in [0, 0.05) is 12.0 Å². The van der Waals surface area contributed by atoms with Crippen LogP contribution in [-0.4, -0.2) is 6.29 Å². The molecule has 0 spiro atoms. The zero-order valence-electron chi connectivity index (χ0n) is 7.26. The lowest BCUT2D eigenvalue weighted by atomic mass is 10.1. The Morgan fingerprint density at radius 2 is 2.14 bits per heavy atom. The number of hydrogen-bond donors (Lipinski definition) is 0. The van der Waals surface area contributed by atoms with Crippen LogP contribution in [0.2, 0.25) is 10.0 Å². The van der Waals surface area contributed by atoms with E-state index in [0.717, 1.165) is 5.56 Å². The van der Waals surface area contributed by atoms with Gasteiger partial charge in [-0.25, -0.2) is 0 Å². The van der Waals surface area contributed by atoms with Crippen molar-refractivity contribution in [1.29, 1.82) is 5.26 Å². The Balaban J connectivity index is 3.04. The van der Waals surface area contributed by atoms with Crippen LogP contribution in [0.3, 0.4) is 0 Å². The third-order valence-corrected chi connectivity index (χ3v) is 2.59. The van der Waals surface area contributed by atoms with Gasteiger partial charge in [-0.1, -0.05) is 23.2 Å². The average Bonchev–Trinajstić information content (AvgIpc) is 2.19. The summed E-state index contributed by atoms with van der Waals surface area (Å²) in [6, 6.07) is 5.35. The number of aryl methyl sites for hydroxylation is 1. The molecular weight excluding hydrogens is 221 g/mol. The van der Waals surface area contributed by atoms with Crippen molar-refractivity contribution in [2.45, 2.75) is 12.8 Å². The summed E-state index contributed by atoms with van der Waals surface area (Å²) in [5, 5.41) is 9.02. The van der Waals surface area contributed by atoms with Crippen molar-refractivity contribution >= 4 is 29.5 Å². The number of benzene rings is 1. The fourth-order valence-corrected chi connectivity index (χ4v) is 1.50. The van der Waals surface area contributed by atoms with E-state index in [-0.39, 0.29) is 5.02 Å². The Morgan fingerprint density at radius 1 is 1.43 bits per heavy atom. The Labute approximate surface area is 92.1 Å². The van der Waals surface area contributed by atoms with E-state index in [9.17, 15) is 4.79 Å². The highest BCUT2D eigenvalue weighted by Gasteiger charge is 2.06. The average molecular weight is 228 g/mol. The summed E-state index contributed by atoms with van der Waals surface area (Å²) in [6.07, 6.45) is 1.63. The minimum Gasteiger partial charge on any atom is -0.298 e. The summed E-state index contributed by atoms with van der Waals surface area (Å²) in [6.45, 7) is 0. The van der Waals surface area contributed by atoms with Gasteiger partial charge in [-0.2, -0.15) is 5.26 Å². The first-order valence-electron chi connectivity index (χ1n) is 3.99. The monoisotopic (exact) mass is 227 g/mol. The van der Waals surface area contributed by atoms with Crippen LogP contribution in [-0.2, 0) is 6.42 Å². The molecule has 0 fully saturated rings. The van der Waals surface area contributed by atoms with E-state index in [0.29, 0.717) is 29.7 Å². The zero-order chi connectivity index (χ0) is 10.6. The maximum Gasteiger partial charge on any atom is 0.151 e. The SMILES string of the molecule is N#CCCc1cc(Cl)c(Cl)c(C=O)c1. The lowest BCUT2D eigenvalue weighted by Gasteiger charge is -2.03. The minimum absolute atomic E-state index is 0.266. The highest BCUT2D eigenvalue weighted by Crippen LogP contribution is 2.26. The van der Waals surface area contributed by atoms with E-state index in [1.165, 1.54) is 0 Å². The number of nitriles is 1. The first-order valence-corrected chi connectivity index (χ1v) is 4.74. The van der Waals surface area contributed by atoms with Crippen LogP contribution < -0.4 is 0 Å². The van der Waals surface area contributed by atoms with Gasteiger partial charge >= 0.3 is 0 Å². The molecule has 0 aliphatic rings. The third-order valence-electron chi connectivity index (χ3n) is 1.77. The number of carbonyl (C=O) groups excluding carboxylic acids is 1. The molecular formula is C10H7Cl2NO. The quantitative estimate of drug-likeness (QED) is 0.745. The molecule has 72 valence electrons. The summed E-state index contributed by atoms with van der Waals surface area (Å²) in [4.78, 5) is 10.6. The van der Waals surface area contributed by atoms with E-state index in [4.69, 9.17) is 28.5 Å². The standard InChI is InChI=1S/C10H7Cl2NO/c11-9-5-7(2-1-3-13)4-8(6-14)10(9)12/h4-6H,1-2H2. The van der Waals surface area contributed by atoms with E-state index in [1.807, 2.05) is 6.07 Å². The number of nitrogens with zero attached hydrogens (tertiary/aromatic N) is 1.